The number of H-pyrrole nitrogens is 1. The van der Waals surface area contributed by atoms with E-state index in [1.807, 2.05) is 222 Å². The number of aromatic amines is 1. The van der Waals surface area contributed by atoms with Gasteiger partial charge in [-0.25, -0.2) is 14.8 Å². The Labute approximate surface area is 708 Å². The van der Waals surface area contributed by atoms with E-state index in [0.717, 1.165) is 50.1 Å². The normalized spacial score (nSPS) is 19.2. The Morgan fingerprint density at radius 2 is 1.01 bits per heavy atom. The van der Waals surface area contributed by atoms with E-state index >= 15 is 0 Å². The van der Waals surface area contributed by atoms with Crippen LogP contribution in [0.4, 0.5) is 0 Å². The Bertz CT molecular complexity index is 4590. The average Bonchev–Trinajstić information content (AvgIpc) is 1.50. The molecule has 6 atom stereocenters. The first-order valence-corrected chi connectivity index (χ1v) is 32.4. The molecule has 0 bridgehead atoms. The molecule has 0 saturated heterocycles. The van der Waals surface area contributed by atoms with Gasteiger partial charge in [0.05, 0.1) is 61.8 Å². The molecule has 0 amide bonds. The summed E-state index contributed by atoms with van der Waals surface area (Å²) in [5, 5.41) is 35.6. The van der Waals surface area contributed by atoms with Gasteiger partial charge in [0.25, 0.3) is 12.0 Å². The summed E-state index contributed by atoms with van der Waals surface area (Å²) in [7, 11) is 3.23. The van der Waals surface area contributed by atoms with Crippen LogP contribution in [0, 0.1) is 27.7 Å². The Balaban J connectivity index is 0.000000240. The first-order valence-electron chi connectivity index (χ1n) is 31.3. The Kier molecular flexibility index (Phi) is 27.2. The van der Waals surface area contributed by atoms with Crippen LogP contribution in [0.5, 0.6) is 28.9 Å². The van der Waals surface area contributed by atoms with Gasteiger partial charge in [0.15, 0.2) is 34.8 Å². The van der Waals surface area contributed by atoms with Gasteiger partial charge < -0.3 is 59.9 Å². The van der Waals surface area contributed by atoms with Crippen LogP contribution in [-0.4, -0.2) is 87.9 Å². The molecule has 100 heavy (non-hydrogen) atoms. The third-order valence-electron chi connectivity index (χ3n) is 17.6. The topological polar surface area (TPSA) is 260 Å². The number of nitrogens with zero attached hydrogens (tertiary/aromatic N) is 3. The molecular weight excluding hydrogens is 1580 g/mol. The minimum Gasteiger partial charge on any atom is -1.00 e. The number of hydrogen-bond donors (Lipinski definition) is 3. The van der Waals surface area contributed by atoms with Crippen LogP contribution in [0.2, 0.25) is 0 Å². The van der Waals surface area contributed by atoms with E-state index in [4.69, 9.17) is 53.4 Å². The molecule has 3 N–H and O–H groups in total. The summed E-state index contributed by atoms with van der Waals surface area (Å²) in [4.78, 5) is 66.2. The minimum absolute atomic E-state index is 0. The predicted molar refractivity (Wildman–Crippen MR) is 370 cm³/mol. The second-order valence-corrected chi connectivity index (χ2v) is 24.0. The number of carbonyl (C=O) groups excluding carboxylic acids is 3. The number of methoxy groups -OCH3 is 2. The largest absolute Gasteiger partial charge is 1.00 e. The van der Waals surface area contributed by atoms with Crippen LogP contribution in [0.1, 0.15) is 113 Å². The third-order valence-corrected chi connectivity index (χ3v) is 18.1. The van der Waals surface area contributed by atoms with E-state index in [1.54, 1.807) is 28.1 Å². The van der Waals surface area contributed by atoms with Gasteiger partial charge in [0.2, 0.25) is 5.88 Å². The maximum atomic E-state index is 14.1. The van der Waals surface area contributed by atoms with Crippen molar-refractivity contribution in [3.05, 3.63) is 283 Å². The summed E-state index contributed by atoms with van der Waals surface area (Å²) in [6, 6.07) is 61.6. The monoisotopic (exact) mass is 1650 g/mol. The number of esters is 2. The van der Waals surface area contributed by atoms with Crippen molar-refractivity contribution in [3.8, 4) is 51.7 Å². The van der Waals surface area contributed by atoms with E-state index in [-0.39, 0.29) is 184 Å². The molecule has 0 unspecified atom stereocenters. The molecule has 8 aromatic carbocycles. The van der Waals surface area contributed by atoms with Crippen LogP contribution in [0.3, 0.4) is 0 Å². The van der Waals surface area contributed by atoms with Gasteiger partial charge in [-0.15, -0.1) is 0 Å². The standard InChI is InChI=1S/C38H34N2O6.C34H28N2O4.C4H7BrO2.CH2O3.CH4.2Cs.H/c1-5-44-30(41)22-45-36-31-33(25-12-8-6-9-13-25)38(27-16-18-28(43-4)19-17-27)37(42,32-24(3)20-23(2)21-29(32)46-38)34(31)39-35(40-36)26-14-10-7-11-15-26;1-20-18-21(2)28-26(19-20)40-34(24-14-16-25(39-3)17-15-24)29(22-10-6-4-7-11-22)27-30(33(28,34)38)35-31(36-32(27)37)23-12-8-5-9-13-23;1-2-7-4(6)3-5;2-1-4-3;;;;/h6-21,33,42H,5,22H2,1-4H3;4-19,29,38H,1-3H3,(H,35,36,37);2-3H2,1H3;1,3H;1H4;;;/q;;;;;2*+1;-1/p-1/t33-,37+,38+;29-,33+,34+;;;;;;/m11....../s1. The van der Waals surface area contributed by atoms with E-state index in [2.05, 4.69) is 30.5 Å². The van der Waals surface area contributed by atoms with Gasteiger partial charge >= 0.3 is 150 Å². The van der Waals surface area contributed by atoms with Gasteiger partial charge in [0.1, 0.15) is 34.2 Å². The number of carbonyl (C=O) groups is 3. The Morgan fingerprint density at radius 3 is 1.42 bits per heavy atom. The summed E-state index contributed by atoms with van der Waals surface area (Å²) in [6.45, 7) is 11.6. The summed E-state index contributed by atoms with van der Waals surface area (Å²) in [5.41, 5.74) is 4.55. The molecule has 506 valence electrons. The molecular formula is C78H75BrCs2N4O15. The number of nitrogens with one attached hydrogen (secondary N) is 1. The first-order chi connectivity index (χ1) is 46.9. The Morgan fingerprint density at radius 1 is 0.600 bits per heavy atom. The zero-order valence-electron chi connectivity index (χ0n) is 57.5. The molecule has 2 aliphatic heterocycles. The Hall–Kier alpha value is -6.41. The molecule has 2 aliphatic carbocycles. The quantitative estimate of drug-likeness (QED) is 0.0337. The fourth-order valence-corrected chi connectivity index (χ4v) is 14.2. The summed E-state index contributed by atoms with van der Waals surface area (Å²) in [6.07, 6.45) is 0. The molecule has 0 radical (unpaired) electrons. The van der Waals surface area contributed by atoms with Gasteiger partial charge in [-0.1, -0.05) is 181 Å². The van der Waals surface area contributed by atoms with Crippen LogP contribution in [0.15, 0.2) is 199 Å². The molecule has 10 aromatic rings. The minimum atomic E-state index is -1.79. The maximum Gasteiger partial charge on any atom is 1.00 e. The number of alkyl halides is 1. The van der Waals surface area contributed by atoms with Crippen molar-refractivity contribution in [2.24, 2.45) is 0 Å². The smallest absolute Gasteiger partial charge is 1.00 e. The van der Waals surface area contributed by atoms with Crippen LogP contribution in [-0.2, 0) is 51.1 Å². The van der Waals surface area contributed by atoms with Gasteiger partial charge in [-0.3, -0.25) is 14.4 Å². The first kappa shape index (κ1) is 79.3. The van der Waals surface area contributed by atoms with Gasteiger partial charge in [-0.2, -0.15) is 4.98 Å². The summed E-state index contributed by atoms with van der Waals surface area (Å²) < 4.78 is 41.0. The zero-order chi connectivity index (χ0) is 68.8. The number of aliphatic hydroxyl groups is 2. The summed E-state index contributed by atoms with van der Waals surface area (Å²) >= 11 is 2.94. The van der Waals surface area contributed by atoms with Crippen molar-refractivity contribution in [2.75, 3.05) is 39.4 Å². The summed E-state index contributed by atoms with van der Waals surface area (Å²) in [5.74, 6) is 1.40. The van der Waals surface area contributed by atoms with Crippen molar-refractivity contribution < 1.29 is 207 Å². The number of halogens is 1. The van der Waals surface area contributed by atoms with E-state index < -0.39 is 40.2 Å². The molecule has 19 nitrogen and oxygen atoms in total. The maximum absolute atomic E-state index is 14.1. The molecule has 0 fully saturated rings. The van der Waals surface area contributed by atoms with E-state index in [0.29, 0.717) is 85.8 Å². The average molecular weight is 1650 g/mol. The number of ether oxygens (including phenoxy) is 7. The second-order valence-electron chi connectivity index (χ2n) is 23.4. The molecule has 0 saturated carbocycles. The van der Waals surface area contributed by atoms with E-state index in [1.165, 1.54) is 0 Å². The SMILES string of the molecule is C.CCOC(=O)CBr.CCOC(=O)COc1nc(-c2ccccc2)nc2c1[C@@H](c1ccccc1)[C@]1(c3ccc(OC)cc3)Oc3cc(C)cc(C)c3[C@]21O.COc1ccc([C@@]23Oc4cc(C)cc(C)c4[C@]2(O)c2nc(-c4ccccc4)[nH]c(=O)c2[C@H]3c2ccccc2)cc1.O=CO[O-].[Cs+].[Cs+].[H-]. The molecule has 4 aliphatic rings. The number of aryl methyl sites for hydroxylation is 4. The number of rotatable bonds is 15. The fourth-order valence-electron chi connectivity index (χ4n) is 14.1. The fraction of sp³-hybridized carbons (Fsp3) is 0.244. The van der Waals surface area contributed by atoms with Gasteiger partial charge in [0, 0.05) is 33.4 Å². The van der Waals surface area contributed by atoms with Crippen LogP contribution < -0.4 is 172 Å². The van der Waals surface area contributed by atoms with Crippen molar-refractivity contribution in [1.29, 1.82) is 0 Å². The molecule has 4 heterocycles. The van der Waals surface area contributed by atoms with Crippen molar-refractivity contribution >= 4 is 34.3 Å². The molecule has 0 spiro atoms. The van der Waals surface area contributed by atoms with Crippen LogP contribution >= 0.6 is 15.9 Å². The molecule has 2 aromatic heterocycles. The number of benzene rings is 8. The van der Waals surface area contributed by atoms with Crippen LogP contribution in [0.25, 0.3) is 22.8 Å². The number of hydrogen-bond acceptors (Lipinski definition) is 18. The van der Waals surface area contributed by atoms with Crippen molar-refractivity contribution in [1.82, 2.24) is 19.9 Å². The predicted octanol–water partition coefficient (Wildman–Crippen LogP) is 6.25. The number of fused-ring (bicyclic) bond motifs is 10. The molecule has 14 rings (SSSR count). The van der Waals surface area contributed by atoms with E-state index in [9.17, 15) is 24.6 Å². The zero-order valence-corrected chi connectivity index (χ0v) is 70.6. The van der Waals surface area contributed by atoms with Crippen molar-refractivity contribution in [3.63, 3.8) is 0 Å². The molecule has 22 heteroatoms. The number of aromatic nitrogens is 4. The second kappa shape index (κ2) is 34.3. The van der Waals surface area contributed by atoms with Gasteiger partial charge in [-0.05, 0) is 111 Å². The van der Waals surface area contributed by atoms with Crippen molar-refractivity contribution in [2.45, 2.75) is 83.2 Å². The third kappa shape index (κ3) is 14.5.